The van der Waals surface area contributed by atoms with Crippen LogP contribution in [0.4, 0.5) is 0 Å². The predicted molar refractivity (Wildman–Crippen MR) is 89.6 cm³/mol. The Hall–Kier alpha value is -1.55. The van der Waals surface area contributed by atoms with Gasteiger partial charge >= 0.3 is 5.97 Å². The molecule has 23 heavy (non-hydrogen) atoms. The molecule has 3 rings (SSSR count). The van der Waals surface area contributed by atoms with Crippen LogP contribution < -0.4 is 4.74 Å². The molecule has 0 amide bonds. The molecule has 4 heteroatoms. The maximum atomic E-state index is 12.2. The number of likely N-dealkylation sites (tertiary alicyclic amines) is 1. The van der Waals surface area contributed by atoms with Crippen molar-refractivity contribution in [3.8, 4) is 5.75 Å². The monoisotopic (exact) mass is 317 g/mol. The second-order valence-corrected chi connectivity index (χ2v) is 6.72. The molecular formula is C19H27NO3. The van der Waals surface area contributed by atoms with Gasteiger partial charge in [-0.1, -0.05) is 25.0 Å². The lowest BCUT2D eigenvalue weighted by Crippen LogP contribution is -2.43. The van der Waals surface area contributed by atoms with Crippen LogP contribution in [0.3, 0.4) is 0 Å². The Bertz CT molecular complexity index is 528. The highest BCUT2D eigenvalue weighted by Gasteiger charge is 2.45. The lowest BCUT2D eigenvalue weighted by Gasteiger charge is -2.33. The van der Waals surface area contributed by atoms with Gasteiger partial charge in [-0.2, -0.15) is 0 Å². The summed E-state index contributed by atoms with van der Waals surface area (Å²) in [5.41, 5.74) is 1.29. The first kappa shape index (κ1) is 16.3. The highest BCUT2D eigenvalue weighted by atomic mass is 16.5. The molecule has 0 radical (unpaired) electrons. The first-order chi connectivity index (χ1) is 11.2. The molecule has 1 heterocycles. The maximum Gasteiger partial charge on any atom is 0.323 e. The first-order valence-corrected chi connectivity index (χ1v) is 8.69. The molecule has 0 bridgehead atoms. The molecule has 3 atom stereocenters. The zero-order valence-electron chi connectivity index (χ0n) is 14.2. The van der Waals surface area contributed by atoms with Gasteiger partial charge in [-0.3, -0.25) is 9.69 Å². The average molecular weight is 317 g/mol. The smallest absolute Gasteiger partial charge is 0.323 e. The summed E-state index contributed by atoms with van der Waals surface area (Å²) < 4.78 is 10.3. The zero-order valence-corrected chi connectivity index (χ0v) is 14.2. The Kier molecular flexibility index (Phi) is 5.21. The number of benzene rings is 1. The van der Waals surface area contributed by atoms with E-state index in [-0.39, 0.29) is 12.0 Å². The van der Waals surface area contributed by atoms with Crippen LogP contribution in [-0.4, -0.2) is 43.7 Å². The fourth-order valence-corrected chi connectivity index (χ4v) is 4.29. The molecular weight excluding hydrogens is 290 g/mol. The van der Waals surface area contributed by atoms with E-state index in [1.807, 2.05) is 12.1 Å². The Balaban J connectivity index is 1.67. The fourth-order valence-electron chi connectivity index (χ4n) is 4.29. The molecule has 1 aromatic carbocycles. The van der Waals surface area contributed by atoms with E-state index in [1.54, 1.807) is 7.11 Å². The van der Waals surface area contributed by atoms with Gasteiger partial charge in [-0.05, 0) is 49.3 Å². The highest BCUT2D eigenvalue weighted by molar-refractivity contribution is 5.76. The largest absolute Gasteiger partial charge is 0.497 e. The van der Waals surface area contributed by atoms with Crippen LogP contribution in [0, 0.1) is 5.92 Å². The molecule has 1 aromatic rings. The number of ether oxygens (including phenoxy) is 2. The van der Waals surface area contributed by atoms with Crippen LogP contribution in [0.1, 0.15) is 37.7 Å². The summed E-state index contributed by atoms with van der Waals surface area (Å²) in [5, 5.41) is 0. The zero-order chi connectivity index (χ0) is 16.2. The topological polar surface area (TPSA) is 38.8 Å². The third kappa shape index (κ3) is 3.52. The van der Waals surface area contributed by atoms with E-state index in [0.29, 0.717) is 12.0 Å². The SMILES string of the molecule is COC(=O)[C@@H]1C[C@@H]2CCCC[C@@H]2N1CCc1ccc(OC)cc1. The minimum absolute atomic E-state index is 0.0497. The van der Waals surface area contributed by atoms with Crippen molar-refractivity contribution in [3.63, 3.8) is 0 Å². The van der Waals surface area contributed by atoms with Crippen molar-refractivity contribution < 1.29 is 14.3 Å². The van der Waals surface area contributed by atoms with Crippen molar-refractivity contribution in [1.29, 1.82) is 0 Å². The molecule has 1 saturated carbocycles. The van der Waals surface area contributed by atoms with Crippen LogP contribution in [0.2, 0.25) is 0 Å². The molecule has 0 unspecified atom stereocenters. The van der Waals surface area contributed by atoms with Crippen LogP contribution in [0.5, 0.6) is 5.75 Å². The number of nitrogens with zero attached hydrogens (tertiary/aromatic N) is 1. The highest BCUT2D eigenvalue weighted by Crippen LogP contribution is 2.40. The summed E-state index contributed by atoms with van der Waals surface area (Å²) in [6.07, 6.45) is 7.01. The summed E-state index contributed by atoms with van der Waals surface area (Å²) in [6, 6.07) is 8.74. The van der Waals surface area contributed by atoms with Crippen molar-refractivity contribution >= 4 is 5.97 Å². The number of fused-ring (bicyclic) bond motifs is 1. The lowest BCUT2D eigenvalue weighted by atomic mass is 9.84. The fraction of sp³-hybridized carbons (Fsp3) is 0.632. The van der Waals surface area contributed by atoms with Crippen molar-refractivity contribution in [1.82, 2.24) is 4.90 Å². The normalized spacial score (nSPS) is 27.5. The van der Waals surface area contributed by atoms with E-state index >= 15 is 0 Å². The first-order valence-electron chi connectivity index (χ1n) is 8.69. The van der Waals surface area contributed by atoms with Crippen molar-refractivity contribution in [2.75, 3.05) is 20.8 Å². The van der Waals surface area contributed by atoms with Crippen LogP contribution in [-0.2, 0) is 16.0 Å². The van der Waals surface area contributed by atoms with Crippen molar-refractivity contribution in [2.45, 2.75) is 50.6 Å². The number of esters is 1. The number of hydrogen-bond acceptors (Lipinski definition) is 4. The summed E-state index contributed by atoms with van der Waals surface area (Å²) in [5.74, 6) is 1.49. The lowest BCUT2D eigenvalue weighted by molar-refractivity contribution is -0.146. The van der Waals surface area contributed by atoms with E-state index in [2.05, 4.69) is 17.0 Å². The summed E-state index contributed by atoms with van der Waals surface area (Å²) in [6.45, 7) is 0.924. The van der Waals surface area contributed by atoms with Gasteiger partial charge in [0.05, 0.1) is 14.2 Å². The maximum absolute atomic E-state index is 12.2. The van der Waals surface area contributed by atoms with Gasteiger partial charge in [-0.25, -0.2) is 0 Å². The van der Waals surface area contributed by atoms with Crippen LogP contribution in [0.25, 0.3) is 0 Å². The van der Waals surface area contributed by atoms with Gasteiger partial charge in [0.15, 0.2) is 0 Å². The Morgan fingerprint density at radius 2 is 1.91 bits per heavy atom. The molecule has 0 N–H and O–H groups in total. The van der Waals surface area contributed by atoms with Gasteiger partial charge in [-0.15, -0.1) is 0 Å². The van der Waals surface area contributed by atoms with Gasteiger partial charge in [0.2, 0.25) is 0 Å². The van der Waals surface area contributed by atoms with E-state index in [9.17, 15) is 4.79 Å². The molecule has 1 aliphatic heterocycles. The Labute approximate surface area is 138 Å². The van der Waals surface area contributed by atoms with E-state index in [0.717, 1.165) is 25.1 Å². The number of rotatable bonds is 5. The summed E-state index contributed by atoms with van der Waals surface area (Å²) in [4.78, 5) is 14.6. The quantitative estimate of drug-likeness (QED) is 0.783. The molecule has 2 aliphatic rings. The molecule has 1 saturated heterocycles. The van der Waals surface area contributed by atoms with Crippen LogP contribution >= 0.6 is 0 Å². The summed E-state index contributed by atoms with van der Waals surface area (Å²) in [7, 11) is 3.19. The van der Waals surface area contributed by atoms with Gasteiger partial charge < -0.3 is 9.47 Å². The minimum atomic E-state index is -0.0610. The minimum Gasteiger partial charge on any atom is -0.497 e. The van der Waals surface area contributed by atoms with Crippen LogP contribution in [0.15, 0.2) is 24.3 Å². The number of carbonyl (C=O) groups is 1. The van der Waals surface area contributed by atoms with Crippen molar-refractivity contribution in [2.24, 2.45) is 5.92 Å². The average Bonchev–Trinajstić information content (AvgIpc) is 2.98. The van der Waals surface area contributed by atoms with Gasteiger partial charge in [0.25, 0.3) is 0 Å². The molecule has 0 aromatic heterocycles. The third-order valence-corrected chi connectivity index (χ3v) is 5.51. The predicted octanol–water partition coefficient (Wildman–Crippen LogP) is 3.04. The Morgan fingerprint density at radius 1 is 1.17 bits per heavy atom. The second kappa shape index (κ2) is 7.35. The van der Waals surface area contributed by atoms with E-state index in [4.69, 9.17) is 9.47 Å². The number of carbonyl (C=O) groups excluding carboxylic acids is 1. The molecule has 2 fully saturated rings. The van der Waals surface area contributed by atoms with E-state index < -0.39 is 0 Å². The number of methoxy groups -OCH3 is 2. The third-order valence-electron chi connectivity index (χ3n) is 5.51. The second-order valence-electron chi connectivity index (χ2n) is 6.72. The van der Waals surface area contributed by atoms with E-state index in [1.165, 1.54) is 38.4 Å². The standard InChI is InChI=1S/C19H27NO3/c1-22-16-9-7-14(8-10-16)11-12-20-17-6-4-3-5-15(17)13-18(20)19(21)23-2/h7-10,15,17-18H,3-6,11-13H2,1-2H3/t15-,17-,18-/m0/s1. The molecule has 0 spiro atoms. The van der Waals surface area contributed by atoms with Gasteiger partial charge in [0, 0.05) is 12.6 Å². The Morgan fingerprint density at radius 3 is 2.61 bits per heavy atom. The summed E-state index contributed by atoms with van der Waals surface area (Å²) >= 11 is 0. The number of hydrogen-bond donors (Lipinski definition) is 0. The molecule has 126 valence electrons. The van der Waals surface area contributed by atoms with Gasteiger partial charge in [0.1, 0.15) is 11.8 Å². The molecule has 1 aliphatic carbocycles. The van der Waals surface area contributed by atoms with Crippen molar-refractivity contribution in [3.05, 3.63) is 29.8 Å². The molecule has 4 nitrogen and oxygen atoms in total.